The molecule has 5 nitrogen and oxygen atoms in total. The molecule has 0 fully saturated rings. The highest BCUT2D eigenvalue weighted by atomic mass is 32.2. The number of rotatable bonds is 6. The molecule has 0 aliphatic carbocycles. The Hall–Kier alpha value is -2.38. The lowest BCUT2D eigenvalue weighted by Crippen LogP contribution is -2.27. The number of hydrogen-bond donors (Lipinski definition) is 0. The van der Waals surface area contributed by atoms with Crippen LogP contribution in [0.25, 0.3) is 16.3 Å². The van der Waals surface area contributed by atoms with E-state index in [2.05, 4.69) is 4.98 Å². The largest absolute Gasteiger partial charge is 0.468 e. The quantitative estimate of drug-likeness (QED) is 0.355. The number of aromatic nitrogens is 2. The monoisotopic (exact) mass is 400 g/mol. The van der Waals surface area contributed by atoms with Gasteiger partial charge in [0, 0.05) is 10.6 Å². The maximum Gasteiger partial charge on any atom is 0.325 e. The lowest BCUT2D eigenvalue weighted by atomic mass is 10.2. The summed E-state index contributed by atoms with van der Waals surface area (Å²) in [4.78, 5) is 31.2. The minimum Gasteiger partial charge on any atom is -0.468 e. The van der Waals surface area contributed by atoms with Crippen LogP contribution in [0.5, 0.6) is 0 Å². The minimum absolute atomic E-state index is 0.142. The van der Waals surface area contributed by atoms with Crippen LogP contribution in [0.1, 0.15) is 16.0 Å². The number of esters is 1. The lowest BCUT2D eigenvalue weighted by Gasteiger charge is -2.10. The number of thioether (sulfide) groups is 1. The SMILES string of the molecule is COC(=O)Cn1c(SC/C=C/c2ccccc2)nc2sc(C)c(C)c2c1=O. The Morgan fingerprint density at radius 3 is 2.74 bits per heavy atom. The van der Waals surface area contributed by atoms with Crippen LogP contribution in [0, 0.1) is 13.8 Å². The first kappa shape index (κ1) is 19.4. The number of aryl methyl sites for hydroxylation is 2. The number of benzene rings is 1. The van der Waals surface area contributed by atoms with Crippen LogP contribution in [0.15, 0.2) is 46.4 Å². The molecule has 7 heteroatoms. The fourth-order valence-electron chi connectivity index (χ4n) is 2.62. The second-order valence-corrected chi connectivity index (χ2v) is 8.14. The van der Waals surface area contributed by atoms with E-state index in [4.69, 9.17) is 4.74 Å². The van der Waals surface area contributed by atoms with Crippen LogP contribution >= 0.6 is 23.1 Å². The number of thiophene rings is 1. The highest BCUT2D eigenvalue weighted by molar-refractivity contribution is 7.99. The van der Waals surface area contributed by atoms with Gasteiger partial charge in [0.25, 0.3) is 5.56 Å². The molecule has 2 heterocycles. The molecular weight excluding hydrogens is 380 g/mol. The smallest absolute Gasteiger partial charge is 0.325 e. The fraction of sp³-hybridized carbons (Fsp3) is 0.250. The maximum atomic E-state index is 13.0. The number of fused-ring (bicyclic) bond motifs is 1. The summed E-state index contributed by atoms with van der Waals surface area (Å²) in [5.74, 6) is 0.168. The van der Waals surface area contributed by atoms with Crippen LogP contribution in [-0.4, -0.2) is 28.4 Å². The molecule has 0 saturated carbocycles. The Morgan fingerprint density at radius 1 is 1.30 bits per heavy atom. The van der Waals surface area contributed by atoms with Gasteiger partial charge in [-0.05, 0) is 25.0 Å². The molecule has 0 bridgehead atoms. The van der Waals surface area contributed by atoms with Gasteiger partial charge in [-0.15, -0.1) is 11.3 Å². The molecule has 0 atom stereocenters. The predicted molar refractivity (Wildman–Crippen MR) is 112 cm³/mol. The highest BCUT2D eigenvalue weighted by Crippen LogP contribution is 2.28. The molecule has 0 amide bonds. The third-order valence-electron chi connectivity index (χ3n) is 4.19. The number of hydrogen-bond acceptors (Lipinski definition) is 6. The Morgan fingerprint density at radius 2 is 2.04 bits per heavy atom. The third-order valence-corrected chi connectivity index (χ3v) is 6.22. The van der Waals surface area contributed by atoms with E-state index in [1.165, 1.54) is 34.8 Å². The molecule has 2 aromatic heterocycles. The van der Waals surface area contributed by atoms with Gasteiger partial charge < -0.3 is 4.74 Å². The van der Waals surface area contributed by atoms with Crippen molar-refractivity contribution in [3.63, 3.8) is 0 Å². The molecule has 0 unspecified atom stereocenters. The van der Waals surface area contributed by atoms with Crippen molar-refractivity contribution in [2.24, 2.45) is 0 Å². The maximum absolute atomic E-state index is 13.0. The van der Waals surface area contributed by atoms with E-state index in [0.29, 0.717) is 21.1 Å². The number of ether oxygens (including phenoxy) is 1. The summed E-state index contributed by atoms with van der Waals surface area (Å²) < 4.78 is 6.16. The Labute approximate surface area is 165 Å². The van der Waals surface area contributed by atoms with Gasteiger partial charge in [-0.25, -0.2) is 4.98 Å². The van der Waals surface area contributed by atoms with E-state index in [1.807, 2.05) is 56.3 Å². The zero-order valence-electron chi connectivity index (χ0n) is 15.4. The number of nitrogens with zero attached hydrogens (tertiary/aromatic N) is 2. The number of carbonyl (C=O) groups excluding carboxylic acids is 1. The fourth-order valence-corrected chi connectivity index (χ4v) is 4.50. The third kappa shape index (κ3) is 4.31. The van der Waals surface area contributed by atoms with Gasteiger partial charge in [0.1, 0.15) is 11.4 Å². The van der Waals surface area contributed by atoms with Crippen molar-refractivity contribution in [2.75, 3.05) is 12.9 Å². The molecular formula is C20H20N2O3S2. The normalized spacial score (nSPS) is 11.4. The summed E-state index contributed by atoms with van der Waals surface area (Å²) in [7, 11) is 1.31. The average Bonchev–Trinajstić information content (AvgIpc) is 2.96. The van der Waals surface area contributed by atoms with Gasteiger partial charge in [-0.2, -0.15) is 0 Å². The molecule has 140 valence electrons. The molecule has 0 N–H and O–H groups in total. The predicted octanol–water partition coefficient (Wildman–Crippen LogP) is 4.05. The number of methoxy groups -OCH3 is 1. The van der Waals surface area contributed by atoms with Crippen molar-refractivity contribution in [1.29, 1.82) is 0 Å². The first-order valence-electron chi connectivity index (χ1n) is 8.43. The lowest BCUT2D eigenvalue weighted by molar-refractivity contribution is -0.141. The van der Waals surface area contributed by atoms with Crippen LogP contribution < -0.4 is 5.56 Å². The first-order chi connectivity index (χ1) is 13.0. The Balaban J connectivity index is 1.92. The summed E-state index contributed by atoms with van der Waals surface area (Å²) in [6.07, 6.45) is 4.04. The van der Waals surface area contributed by atoms with Gasteiger partial charge in [0.05, 0.1) is 12.5 Å². The highest BCUT2D eigenvalue weighted by Gasteiger charge is 2.18. The summed E-state index contributed by atoms with van der Waals surface area (Å²) in [5, 5.41) is 1.11. The van der Waals surface area contributed by atoms with E-state index in [9.17, 15) is 9.59 Å². The summed E-state index contributed by atoms with van der Waals surface area (Å²) in [5.41, 5.74) is 1.84. The van der Waals surface area contributed by atoms with Crippen molar-refractivity contribution in [3.05, 3.63) is 62.8 Å². The van der Waals surface area contributed by atoms with Gasteiger partial charge in [-0.1, -0.05) is 54.2 Å². The van der Waals surface area contributed by atoms with Crippen LogP contribution in [-0.2, 0) is 16.1 Å². The van der Waals surface area contributed by atoms with Crippen molar-refractivity contribution in [2.45, 2.75) is 25.5 Å². The van der Waals surface area contributed by atoms with Crippen molar-refractivity contribution in [1.82, 2.24) is 9.55 Å². The zero-order valence-corrected chi connectivity index (χ0v) is 17.0. The Bertz CT molecular complexity index is 1050. The molecule has 3 rings (SSSR count). The van der Waals surface area contributed by atoms with E-state index >= 15 is 0 Å². The summed E-state index contributed by atoms with van der Waals surface area (Å²) in [6, 6.07) is 9.99. The standard InChI is InChI=1S/C20H20N2O3S2/c1-13-14(2)27-18-17(13)19(24)22(12-16(23)25-3)20(21-18)26-11-7-10-15-8-5-4-6-9-15/h4-10H,11-12H2,1-3H3/b10-7+. The van der Waals surface area contributed by atoms with Crippen LogP contribution in [0.4, 0.5) is 0 Å². The molecule has 0 spiro atoms. The molecule has 0 radical (unpaired) electrons. The van der Waals surface area contributed by atoms with Gasteiger partial charge in [0.2, 0.25) is 0 Å². The molecule has 0 aliphatic rings. The molecule has 1 aromatic carbocycles. The van der Waals surface area contributed by atoms with Gasteiger partial charge in [0.15, 0.2) is 5.16 Å². The molecule has 0 saturated heterocycles. The van der Waals surface area contributed by atoms with Crippen LogP contribution in [0.2, 0.25) is 0 Å². The molecule has 0 aliphatic heterocycles. The van der Waals surface area contributed by atoms with Crippen LogP contribution in [0.3, 0.4) is 0 Å². The zero-order chi connectivity index (χ0) is 19.4. The average molecular weight is 401 g/mol. The van der Waals surface area contributed by atoms with E-state index < -0.39 is 5.97 Å². The Kier molecular flexibility index (Phi) is 6.13. The molecule has 3 aromatic rings. The van der Waals surface area contributed by atoms with E-state index in [1.54, 1.807) is 0 Å². The van der Waals surface area contributed by atoms with Crippen molar-refractivity contribution in [3.8, 4) is 0 Å². The first-order valence-corrected chi connectivity index (χ1v) is 10.2. The second kappa shape index (κ2) is 8.54. The van der Waals surface area contributed by atoms with E-state index in [0.717, 1.165) is 16.0 Å². The van der Waals surface area contributed by atoms with Gasteiger partial charge in [-0.3, -0.25) is 14.2 Å². The van der Waals surface area contributed by atoms with Crippen molar-refractivity contribution < 1.29 is 9.53 Å². The minimum atomic E-state index is -0.468. The molecule has 27 heavy (non-hydrogen) atoms. The summed E-state index contributed by atoms with van der Waals surface area (Å²) >= 11 is 2.93. The topological polar surface area (TPSA) is 61.2 Å². The number of carbonyl (C=O) groups is 1. The van der Waals surface area contributed by atoms with Gasteiger partial charge >= 0.3 is 5.97 Å². The van der Waals surface area contributed by atoms with Crippen molar-refractivity contribution >= 4 is 45.4 Å². The summed E-state index contributed by atoms with van der Waals surface area (Å²) in [6.45, 7) is 3.74. The second-order valence-electron chi connectivity index (χ2n) is 5.95. The van der Waals surface area contributed by atoms with E-state index in [-0.39, 0.29) is 12.1 Å².